The number of aromatic nitrogens is 2. The van der Waals surface area contributed by atoms with E-state index in [4.69, 9.17) is 0 Å². The molecule has 23 heavy (non-hydrogen) atoms. The van der Waals surface area contributed by atoms with Gasteiger partial charge in [0.05, 0.1) is 12.0 Å². The van der Waals surface area contributed by atoms with Crippen LogP contribution in [0.5, 0.6) is 0 Å². The van der Waals surface area contributed by atoms with E-state index in [1.165, 1.54) is 23.9 Å². The van der Waals surface area contributed by atoms with Crippen LogP contribution in [0, 0.1) is 20.2 Å². The third-order valence-electron chi connectivity index (χ3n) is 3.48. The SMILES string of the molecule is CC(C)c1ccc(/C=C/c2ncc([N+](=O)[O-])n2C)cc1[N+](=O)[O-]. The summed E-state index contributed by atoms with van der Waals surface area (Å²) in [4.78, 5) is 25.0. The zero-order chi connectivity index (χ0) is 17.1. The fraction of sp³-hybridized carbons (Fsp3) is 0.267. The first-order chi connectivity index (χ1) is 10.8. The number of nitro groups is 2. The number of imidazole rings is 1. The average Bonchev–Trinajstić information content (AvgIpc) is 2.85. The molecule has 120 valence electrons. The standard InChI is InChI=1S/C15H16N4O4/c1-10(2)12-6-4-11(8-13(12)18(20)21)5-7-14-16-9-15(17(14)3)19(22)23/h4-10H,1-3H3/b7-5+. The lowest BCUT2D eigenvalue weighted by atomic mass is 9.99. The Morgan fingerprint density at radius 1 is 1.17 bits per heavy atom. The molecule has 2 rings (SSSR count). The molecule has 0 N–H and O–H groups in total. The summed E-state index contributed by atoms with van der Waals surface area (Å²) in [6.07, 6.45) is 4.40. The number of hydrogen-bond donors (Lipinski definition) is 0. The first kappa shape index (κ1) is 16.3. The van der Waals surface area contributed by atoms with E-state index < -0.39 is 9.85 Å². The van der Waals surface area contributed by atoms with Gasteiger partial charge in [-0.15, -0.1) is 0 Å². The molecular weight excluding hydrogens is 300 g/mol. The van der Waals surface area contributed by atoms with Crippen molar-refractivity contribution in [3.63, 3.8) is 0 Å². The second-order valence-electron chi connectivity index (χ2n) is 5.35. The second kappa shape index (κ2) is 6.39. The Morgan fingerprint density at radius 3 is 2.39 bits per heavy atom. The normalized spacial score (nSPS) is 11.3. The Bertz CT molecular complexity index is 793. The fourth-order valence-electron chi connectivity index (χ4n) is 2.22. The molecule has 2 aromatic rings. The van der Waals surface area contributed by atoms with E-state index >= 15 is 0 Å². The van der Waals surface area contributed by atoms with E-state index in [9.17, 15) is 20.2 Å². The summed E-state index contributed by atoms with van der Waals surface area (Å²) in [5, 5.41) is 22.0. The van der Waals surface area contributed by atoms with Gasteiger partial charge in [0.15, 0.2) is 0 Å². The molecule has 0 aliphatic rings. The van der Waals surface area contributed by atoms with Crippen molar-refractivity contribution in [3.8, 4) is 0 Å². The number of benzene rings is 1. The van der Waals surface area contributed by atoms with E-state index in [1.807, 2.05) is 13.8 Å². The lowest BCUT2D eigenvalue weighted by molar-refractivity contribution is -0.391. The third-order valence-corrected chi connectivity index (χ3v) is 3.48. The van der Waals surface area contributed by atoms with Crippen LogP contribution in [0.1, 0.15) is 36.7 Å². The first-order valence-corrected chi connectivity index (χ1v) is 6.93. The van der Waals surface area contributed by atoms with Crippen LogP contribution >= 0.6 is 0 Å². The summed E-state index contributed by atoms with van der Waals surface area (Å²) in [7, 11) is 1.54. The Morgan fingerprint density at radius 2 is 1.87 bits per heavy atom. The quantitative estimate of drug-likeness (QED) is 0.620. The zero-order valence-corrected chi connectivity index (χ0v) is 13.0. The number of nitrogens with zero attached hydrogens (tertiary/aromatic N) is 4. The fourth-order valence-corrected chi connectivity index (χ4v) is 2.22. The van der Waals surface area contributed by atoms with Gasteiger partial charge < -0.3 is 10.1 Å². The molecule has 0 saturated heterocycles. The van der Waals surface area contributed by atoms with Crippen LogP contribution < -0.4 is 0 Å². The topological polar surface area (TPSA) is 104 Å². The van der Waals surface area contributed by atoms with Gasteiger partial charge in [-0.3, -0.25) is 10.1 Å². The number of rotatable bonds is 5. The Labute approximate surface area is 132 Å². The van der Waals surface area contributed by atoms with Crippen molar-refractivity contribution in [3.05, 3.63) is 61.6 Å². The highest BCUT2D eigenvalue weighted by Crippen LogP contribution is 2.28. The lowest BCUT2D eigenvalue weighted by Gasteiger charge is -2.06. The summed E-state index contributed by atoms with van der Waals surface area (Å²) in [6, 6.07) is 4.99. The summed E-state index contributed by atoms with van der Waals surface area (Å²) >= 11 is 0. The average molecular weight is 316 g/mol. The Hall–Kier alpha value is -3.03. The van der Waals surface area contributed by atoms with Gasteiger partial charge in [-0.25, -0.2) is 9.55 Å². The zero-order valence-electron chi connectivity index (χ0n) is 13.0. The van der Waals surface area contributed by atoms with Crippen molar-refractivity contribution in [1.29, 1.82) is 0 Å². The van der Waals surface area contributed by atoms with Gasteiger partial charge in [0.25, 0.3) is 5.69 Å². The molecule has 1 heterocycles. The molecule has 0 radical (unpaired) electrons. The highest BCUT2D eigenvalue weighted by Gasteiger charge is 2.17. The van der Waals surface area contributed by atoms with Gasteiger partial charge in [-0.2, -0.15) is 0 Å². The van der Waals surface area contributed by atoms with E-state index in [1.54, 1.807) is 24.3 Å². The Balaban J connectivity index is 2.35. The van der Waals surface area contributed by atoms with Gasteiger partial charge in [-0.05, 0) is 22.5 Å². The summed E-state index contributed by atoms with van der Waals surface area (Å²) in [5.74, 6) is 0.323. The van der Waals surface area contributed by atoms with Crippen molar-refractivity contribution in [2.24, 2.45) is 7.05 Å². The van der Waals surface area contributed by atoms with Crippen LogP contribution in [-0.2, 0) is 7.05 Å². The van der Waals surface area contributed by atoms with E-state index in [0.717, 1.165) is 0 Å². The van der Waals surface area contributed by atoms with E-state index in [2.05, 4.69) is 4.98 Å². The highest BCUT2D eigenvalue weighted by molar-refractivity contribution is 5.69. The lowest BCUT2D eigenvalue weighted by Crippen LogP contribution is -1.99. The van der Waals surface area contributed by atoms with Gasteiger partial charge in [-0.1, -0.05) is 26.0 Å². The molecule has 0 aliphatic heterocycles. The molecule has 8 nitrogen and oxygen atoms in total. The van der Waals surface area contributed by atoms with Gasteiger partial charge in [0.1, 0.15) is 6.20 Å². The molecule has 1 aromatic heterocycles. The van der Waals surface area contributed by atoms with E-state index in [-0.39, 0.29) is 17.4 Å². The van der Waals surface area contributed by atoms with Crippen LogP contribution in [0.3, 0.4) is 0 Å². The molecule has 0 fully saturated rings. The molecule has 0 aliphatic carbocycles. The second-order valence-corrected chi connectivity index (χ2v) is 5.35. The molecule has 0 spiro atoms. The maximum atomic E-state index is 11.2. The monoisotopic (exact) mass is 316 g/mol. The van der Waals surface area contributed by atoms with Crippen LogP contribution in [0.25, 0.3) is 12.2 Å². The third kappa shape index (κ3) is 3.42. The van der Waals surface area contributed by atoms with Crippen molar-refractivity contribution in [2.75, 3.05) is 0 Å². The number of nitro benzene ring substituents is 1. The maximum Gasteiger partial charge on any atom is 0.342 e. The minimum Gasteiger partial charge on any atom is -0.358 e. The van der Waals surface area contributed by atoms with Crippen molar-refractivity contribution in [2.45, 2.75) is 19.8 Å². The molecule has 0 unspecified atom stereocenters. The van der Waals surface area contributed by atoms with Crippen molar-refractivity contribution >= 4 is 23.7 Å². The largest absolute Gasteiger partial charge is 0.358 e. The highest BCUT2D eigenvalue weighted by atomic mass is 16.6. The van der Waals surface area contributed by atoms with Crippen LogP contribution in [0.4, 0.5) is 11.5 Å². The predicted molar refractivity (Wildman–Crippen MR) is 86.0 cm³/mol. The molecule has 8 heteroatoms. The smallest absolute Gasteiger partial charge is 0.342 e. The summed E-state index contributed by atoms with van der Waals surface area (Å²) in [6.45, 7) is 3.79. The van der Waals surface area contributed by atoms with Crippen LogP contribution in [-0.4, -0.2) is 19.4 Å². The van der Waals surface area contributed by atoms with Gasteiger partial charge in [0, 0.05) is 17.7 Å². The Kier molecular flexibility index (Phi) is 4.54. The minimum absolute atomic E-state index is 0.0469. The van der Waals surface area contributed by atoms with Crippen molar-refractivity contribution in [1.82, 2.24) is 9.55 Å². The van der Waals surface area contributed by atoms with Gasteiger partial charge in [0.2, 0.25) is 5.82 Å². The number of hydrogen-bond acceptors (Lipinski definition) is 5. The van der Waals surface area contributed by atoms with Crippen LogP contribution in [0.2, 0.25) is 0 Å². The summed E-state index contributed by atoms with van der Waals surface area (Å²) < 4.78 is 1.34. The molecular formula is C15H16N4O4. The molecule has 1 aromatic carbocycles. The summed E-state index contributed by atoms with van der Waals surface area (Å²) in [5.41, 5.74) is 1.36. The van der Waals surface area contributed by atoms with Crippen LogP contribution in [0.15, 0.2) is 24.4 Å². The molecule has 0 saturated carbocycles. The maximum absolute atomic E-state index is 11.2. The molecule has 0 amide bonds. The molecule has 0 atom stereocenters. The van der Waals surface area contributed by atoms with Gasteiger partial charge >= 0.3 is 5.82 Å². The first-order valence-electron chi connectivity index (χ1n) is 6.93. The minimum atomic E-state index is -0.521. The van der Waals surface area contributed by atoms with Crippen molar-refractivity contribution < 1.29 is 9.85 Å². The van der Waals surface area contributed by atoms with E-state index in [0.29, 0.717) is 17.0 Å². The molecule has 0 bridgehead atoms. The predicted octanol–water partition coefficient (Wildman–Crippen LogP) is 3.53.